The summed E-state index contributed by atoms with van der Waals surface area (Å²) < 4.78 is 0. The van der Waals surface area contributed by atoms with Crippen LogP contribution < -0.4 is 11.1 Å². The Morgan fingerprint density at radius 2 is 1.93 bits per heavy atom. The largest absolute Gasteiger partial charge is 0.391 e. The monoisotopic (exact) mass is 202 g/mol. The number of nitrogens with two attached hydrogens (primary N) is 1. The number of carbonyl (C=O) groups is 2. The zero-order chi connectivity index (χ0) is 11.3. The average Bonchev–Trinajstić information content (AvgIpc) is 2.02. The van der Waals surface area contributed by atoms with Crippen molar-refractivity contribution in [2.24, 2.45) is 11.7 Å². The van der Waals surface area contributed by atoms with E-state index in [1.807, 2.05) is 0 Å². The molecule has 0 aromatic heterocycles. The summed E-state index contributed by atoms with van der Waals surface area (Å²) in [6.07, 6.45) is -0.488. The van der Waals surface area contributed by atoms with Gasteiger partial charge in [0.1, 0.15) is 0 Å². The van der Waals surface area contributed by atoms with Crippen LogP contribution in [0.2, 0.25) is 0 Å². The van der Waals surface area contributed by atoms with Crippen molar-refractivity contribution in [3.8, 4) is 0 Å². The molecule has 0 aliphatic heterocycles. The third-order valence-corrected chi connectivity index (χ3v) is 2.09. The Balaban J connectivity index is 4.00. The molecule has 3 unspecified atom stereocenters. The van der Waals surface area contributed by atoms with Crippen LogP contribution in [0.4, 0.5) is 0 Å². The maximum atomic E-state index is 10.7. The standard InChI is InChI=1S/C9H18N2O3/c1-5(9(10)14)4-8(13)6(2)11-7(3)12/h5-6,8,13H,4H2,1-3H3,(H2,10,14)(H,11,12). The fourth-order valence-corrected chi connectivity index (χ4v) is 1.10. The molecule has 0 spiro atoms. The average molecular weight is 202 g/mol. The van der Waals surface area contributed by atoms with E-state index >= 15 is 0 Å². The van der Waals surface area contributed by atoms with Crippen LogP contribution in [0.5, 0.6) is 0 Å². The number of hydrogen-bond donors (Lipinski definition) is 3. The molecule has 0 saturated heterocycles. The molecule has 14 heavy (non-hydrogen) atoms. The van der Waals surface area contributed by atoms with Gasteiger partial charge < -0.3 is 16.2 Å². The van der Waals surface area contributed by atoms with Crippen LogP contribution in [-0.4, -0.2) is 29.1 Å². The number of primary amides is 1. The highest BCUT2D eigenvalue weighted by Crippen LogP contribution is 2.08. The van der Waals surface area contributed by atoms with Crippen LogP contribution in [0.15, 0.2) is 0 Å². The normalized spacial score (nSPS) is 16.9. The second-order valence-electron chi connectivity index (χ2n) is 3.60. The number of nitrogens with one attached hydrogen (secondary N) is 1. The minimum Gasteiger partial charge on any atom is -0.391 e. The molecule has 2 amide bonds. The summed E-state index contributed by atoms with van der Waals surface area (Å²) in [5.74, 6) is -1.04. The lowest BCUT2D eigenvalue weighted by molar-refractivity contribution is -0.122. The van der Waals surface area contributed by atoms with Crippen molar-refractivity contribution < 1.29 is 14.7 Å². The molecule has 0 radical (unpaired) electrons. The van der Waals surface area contributed by atoms with Gasteiger partial charge in [0.25, 0.3) is 0 Å². The molecule has 82 valence electrons. The molecule has 0 aromatic rings. The number of aliphatic hydroxyl groups is 1. The maximum absolute atomic E-state index is 10.7. The second kappa shape index (κ2) is 5.59. The Bertz CT molecular complexity index is 218. The van der Waals surface area contributed by atoms with Crippen molar-refractivity contribution in [3.63, 3.8) is 0 Å². The van der Waals surface area contributed by atoms with Gasteiger partial charge >= 0.3 is 0 Å². The zero-order valence-corrected chi connectivity index (χ0v) is 8.78. The fraction of sp³-hybridized carbons (Fsp3) is 0.778. The summed E-state index contributed by atoms with van der Waals surface area (Å²) in [6, 6.07) is -0.366. The molecule has 0 aliphatic carbocycles. The van der Waals surface area contributed by atoms with Crippen molar-refractivity contribution in [1.82, 2.24) is 5.32 Å². The molecular formula is C9H18N2O3. The van der Waals surface area contributed by atoms with Gasteiger partial charge in [-0.05, 0) is 13.3 Å². The first-order valence-corrected chi connectivity index (χ1v) is 4.59. The molecule has 0 bridgehead atoms. The van der Waals surface area contributed by atoms with Crippen molar-refractivity contribution in [2.45, 2.75) is 39.3 Å². The Morgan fingerprint density at radius 3 is 2.29 bits per heavy atom. The minimum absolute atomic E-state index is 0.205. The number of rotatable bonds is 5. The van der Waals surface area contributed by atoms with Gasteiger partial charge in [0.2, 0.25) is 11.8 Å². The summed E-state index contributed by atoms with van der Waals surface area (Å²) in [6.45, 7) is 4.70. The van der Waals surface area contributed by atoms with Crippen LogP contribution in [0.3, 0.4) is 0 Å². The van der Waals surface area contributed by atoms with Gasteiger partial charge in [-0.25, -0.2) is 0 Å². The third kappa shape index (κ3) is 4.81. The molecule has 0 rings (SSSR count). The molecule has 5 heteroatoms. The smallest absolute Gasteiger partial charge is 0.220 e. The first kappa shape index (κ1) is 12.9. The lowest BCUT2D eigenvalue weighted by Crippen LogP contribution is -2.41. The highest BCUT2D eigenvalue weighted by molar-refractivity contribution is 5.76. The summed E-state index contributed by atoms with van der Waals surface area (Å²) in [4.78, 5) is 21.4. The first-order chi connectivity index (χ1) is 6.34. The van der Waals surface area contributed by atoms with Crippen LogP contribution in [-0.2, 0) is 9.59 Å². The Labute approximate surface area is 83.7 Å². The number of hydrogen-bond acceptors (Lipinski definition) is 3. The van der Waals surface area contributed by atoms with E-state index in [0.717, 1.165) is 0 Å². The topological polar surface area (TPSA) is 92.4 Å². The maximum Gasteiger partial charge on any atom is 0.220 e. The highest BCUT2D eigenvalue weighted by atomic mass is 16.3. The van der Waals surface area contributed by atoms with E-state index in [9.17, 15) is 14.7 Å². The Kier molecular flexibility index (Phi) is 5.15. The highest BCUT2D eigenvalue weighted by Gasteiger charge is 2.20. The lowest BCUT2D eigenvalue weighted by Gasteiger charge is -2.21. The molecule has 0 aliphatic rings. The van der Waals surface area contributed by atoms with Gasteiger partial charge in [-0.2, -0.15) is 0 Å². The molecule has 3 atom stereocenters. The molecule has 4 N–H and O–H groups in total. The Morgan fingerprint density at radius 1 is 1.43 bits per heavy atom. The fourth-order valence-electron chi connectivity index (χ4n) is 1.10. The number of carbonyl (C=O) groups excluding carboxylic acids is 2. The van der Waals surface area contributed by atoms with Gasteiger partial charge in [-0.15, -0.1) is 0 Å². The van der Waals surface area contributed by atoms with Gasteiger partial charge in [-0.3, -0.25) is 9.59 Å². The minimum atomic E-state index is -0.749. The third-order valence-electron chi connectivity index (χ3n) is 2.09. The van der Waals surface area contributed by atoms with E-state index in [4.69, 9.17) is 5.73 Å². The number of aliphatic hydroxyl groups excluding tert-OH is 1. The summed E-state index contributed by atoms with van der Waals surface area (Å²) in [7, 11) is 0. The van der Waals surface area contributed by atoms with E-state index in [1.54, 1.807) is 13.8 Å². The van der Waals surface area contributed by atoms with Crippen molar-refractivity contribution in [2.75, 3.05) is 0 Å². The number of amides is 2. The predicted octanol–water partition coefficient (Wildman–Crippen LogP) is -0.617. The van der Waals surface area contributed by atoms with Crippen LogP contribution in [0, 0.1) is 5.92 Å². The van der Waals surface area contributed by atoms with E-state index in [2.05, 4.69) is 5.32 Å². The molecular weight excluding hydrogens is 184 g/mol. The van der Waals surface area contributed by atoms with Crippen LogP contribution in [0.1, 0.15) is 27.2 Å². The van der Waals surface area contributed by atoms with Crippen LogP contribution >= 0.6 is 0 Å². The molecule has 0 aromatic carbocycles. The van der Waals surface area contributed by atoms with E-state index < -0.39 is 12.0 Å². The molecule has 0 heterocycles. The van der Waals surface area contributed by atoms with Crippen molar-refractivity contribution >= 4 is 11.8 Å². The van der Waals surface area contributed by atoms with E-state index in [-0.39, 0.29) is 24.3 Å². The van der Waals surface area contributed by atoms with Crippen molar-refractivity contribution in [3.05, 3.63) is 0 Å². The van der Waals surface area contributed by atoms with Crippen LogP contribution in [0.25, 0.3) is 0 Å². The quantitative estimate of drug-likeness (QED) is 0.555. The predicted molar refractivity (Wildman–Crippen MR) is 52.3 cm³/mol. The summed E-state index contributed by atoms with van der Waals surface area (Å²) in [5.41, 5.74) is 5.05. The first-order valence-electron chi connectivity index (χ1n) is 4.59. The van der Waals surface area contributed by atoms with E-state index in [1.165, 1.54) is 6.92 Å². The van der Waals surface area contributed by atoms with Gasteiger partial charge in [-0.1, -0.05) is 6.92 Å². The zero-order valence-electron chi connectivity index (χ0n) is 8.78. The molecule has 0 saturated carbocycles. The molecule has 0 fully saturated rings. The van der Waals surface area contributed by atoms with Gasteiger partial charge in [0, 0.05) is 12.8 Å². The van der Waals surface area contributed by atoms with E-state index in [0.29, 0.717) is 0 Å². The molecule has 5 nitrogen and oxygen atoms in total. The summed E-state index contributed by atoms with van der Waals surface area (Å²) >= 11 is 0. The van der Waals surface area contributed by atoms with Crippen molar-refractivity contribution in [1.29, 1.82) is 0 Å². The lowest BCUT2D eigenvalue weighted by atomic mass is 9.99. The Hall–Kier alpha value is -1.10. The summed E-state index contributed by atoms with van der Waals surface area (Å²) in [5, 5.41) is 12.1. The SMILES string of the molecule is CC(=O)NC(C)C(O)CC(C)C(N)=O. The second-order valence-corrected chi connectivity index (χ2v) is 3.60. The van der Waals surface area contributed by atoms with Gasteiger partial charge in [0.15, 0.2) is 0 Å². The van der Waals surface area contributed by atoms with Gasteiger partial charge in [0.05, 0.1) is 12.1 Å².